The van der Waals surface area contributed by atoms with E-state index in [0.717, 1.165) is 0 Å². The minimum absolute atomic E-state index is 0.122. The van der Waals surface area contributed by atoms with E-state index in [9.17, 15) is 9.90 Å². The van der Waals surface area contributed by atoms with Gasteiger partial charge in [-0.15, -0.1) is 0 Å². The van der Waals surface area contributed by atoms with Crippen LogP contribution in [0.3, 0.4) is 0 Å². The summed E-state index contributed by atoms with van der Waals surface area (Å²) in [5, 5.41) is 10.2. The standard InChI is InChI=1S/C12H22O6/c1-6-15-11(16-7-2)12(14,17-8-3)18-10(13)9(4)5/h11,14H,4,6-8H2,1-3,5H3. The van der Waals surface area contributed by atoms with Crippen LogP contribution >= 0.6 is 0 Å². The number of hydrogen-bond acceptors (Lipinski definition) is 6. The van der Waals surface area contributed by atoms with E-state index >= 15 is 0 Å². The molecular weight excluding hydrogens is 240 g/mol. The van der Waals surface area contributed by atoms with E-state index in [0.29, 0.717) is 0 Å². The third-order valence-corrected chi connectivity index (χ3v) is 1.87. The molecule has 0 aliphatic heterocycles. The molecule has 0 bridgehead atoms. The average molecular weight is 262 g/mol. The minimum atomic E-state index is -2.28. The van der Waals surface area contributed by atoms with Crippen molar-refractivity contribution in [3.63, 3.8) is 0 Å². The molecule has 106 valence electrons. The molecule has 1 N–H and O–H groups in total. The Balaban J connectivity index is 4.93. The lowest BCUT2D eigenvalue weighted by atomic mass is 10.3. The molecule has 0 aliphatic carbocycles. The van der Waals surface area contributed by atoms with Crippen LogP contribution in [0.1, 0.15) is 27.7 Å². The van der Waals surface area contributed by atoms with Crippen molar-refractivity contribution in [3.8, 4) is 0 Å². The Hall–Kier alpha value is -0.950. The van der Waals surface area contributed by atoms with Gasteiger partial charge in [-0.2, -0.15) is 0 Å². The van der Waals surface area contributed by atoms with Crippen LogP contribution in [0.5, 0.6) is 0 Å². The lowest BCUT2D eigenvalue weighted by Gasteiger charge is -2.33. The van der Waals surface area contributed by atoms with Gasteiger partial charge in [0.25, 0.3) is 6.29 Å². The van der Waals surface area contributed by atoms with Crippen molar-refractivity contribution in [2.45, 2.75) is 40.0 Å². The number of ether oxygens (including phenoxy) is 4. The van der Waals surface area contributed by atoms with Crippen molar-refractivity contribution in [1.29, 1.82) is 0 Å². The van der Waals surface area contributed by atoms with E-state index < -0.39 is 18.2 Å². The molecule has 0 aliphatic rings. The molecule has 0 rings (SSSR count). The second-order valence-electron chi connectivity index (χ2n) is 3.48. The predicted octanol–water partition coefficient (Wildman–Crippen LogP) is 1.19. The summed E-state index contributed by atoms with van der Waals surface area (Å²) in [5.74, 6) is -3.06. The van der Waals surface area contributed by atoms with Gasteiger partial charge in [0.2, 0.25) is 0 Å². The molecular formula is C12H22O6. The topological polar surface area (TPSA) is 74.2 Å². The summed E-state index contributed by atoms with van der Waals surface area (Å²) in [6.07, 6.45) is -1.21. The fourth-order valence-corrected chi connectivity index (χ4v) is 1.13. The van der Waals surface area contributed by atoms with Crippen molar-refractivity contribution in [1.82, 2.24) is 0 Å². The smallest absolute Gasteiger partial charge is 0.381 e. The van der Waals surface area contributed by atoms with Crippen molar-refractivity contribution in [3.05, 3.63) is 12.2 Å². The van der Waals surface area contributed by atoms with E-state index in [1.807, 2.05) is 0 Å². The van der Waals surface area contributed by atoms with Gasteiger partial charge in [0, 0.05) is 18.8 Å². The van der Waals surface area contributed by atoms with Crippen molar-refractivity contribution in [2.24, 2.45) is 0 Å². The van der Waals surface area contributed by atoms with Gasteiger partial charge in [-0.1, -0.05) is 6.58 Å². The van der Waals surface area contributed by atoms with Crippen LogP contribution in [0.25, 0.3) is 0 Å². The number of hydrogen-bond donors (Lipinski definition) is 1. The normalized spacial score (nSPS) is 14.3. The summed E-state index contributed by atoms with van der Waals surface area (Å²) in [5.41, 5.74) is 0.139. The number of carbonyl (C=O) groups is 1. The van der Waals surface area contributed by atoms with Crippen molar-refractivity contribution >= 4 is 5.97 Å². The highest BCUT2D eigenvalue weighted by molar-refractivity contribution is 5.87. The van der Waals surface area contributed by atoms with Crippen LogP contribution in [-0.2, 0) is 23.7 Å². The maximum atomic E-state index is 11.5. The lowest BCUT2D eigenvalue weighted by molar-refractivity contribution is -0.424. The molecule has 6 heteroatoms. The zero-order chi connectivity index (χ0) is 14.2. The fourth-order valence-electron chi connectivity index (χ4n) is 1.13. The largest absolute Gasteiger partial charge is 0.400 e. The first-order valence-electron chi connectivity index (χ1n) is 5.89. The molecule has 0 spiro atoms. The van der Waals surface area contributed by atoms with Crippen LogP contribution < -0.4 is 0 Å². The zero-order valence-electron chi connectivity index (χ0n) is 11.4. The predicted molar refractivity (Wildman–Crippen MR) is 64.5 cm³/mol. The fraction of sp³-hybridized carbons (Fsp3) is 0.750. The van der Waals surface area contributed by atoms with Gasteiger partial charge < -0.3 is 24.1 Å². The molecule has 0 amide bonds. The summed E-state index contributed by atoms with van der Waals surface area (Å²) in [4.78, 5) is 11.5. The summed E-state index contributed by atoms with van der Waals surface area (Å²) < 4.78 is 20.2. The number of rotatable bonds is 9. The minimum Gasteiger partial charge on any atom is -0.400 e. The van der Waals surface area contributed by atoms with Gasteiger partial charge in [0.05, 0.1) is 6.61 Å². The Bertz CT molecular complexity index is 272. The number of carbonyl (C=O) groups excluding carboxylic acids is 1. The van der Waals surface area contributed by atoms with Gasteiger partial charge >= 0.3 is 11.9 Å². The monoisotopic (exact) mass is 262 g/mol. The van der Waals surface area contributed by atoms with E-state index in [1.165, 1.54) is 6.92 Å². The molecule has 0 saturated carbocycles. The Labute approximate surface area is 107 Å². The van der Waals surface area contributed by atoms with Crippen LogP contribution in [0.15, 0.2) is 12.2 Å². The van der Waals surface area contributed by atoms with Crippen LogP contribution in [0.2, 0.25) is 0 Å². The molecule has 0 fully saturated rings. The second-order valence-corrected chi connectivity index (χ2v) is 3.48. The van der Waals surface area contributed by atoms with E-state index in [2.05, 4.69) is 6.58 Å². The Kier molecular flexibility index (Phi) is 7.77. The van der Waals surface area contributed by atoms with Crippen molar-refractivity contribution < 1.29 is 28.8 Å². The SMILES string of the molecule is C=C(C)C(=O)OC(O)(OCC)C(OCC)OCC. The van der Waals surface area contributed by atoms with Gasteiger partial charge in [-0.3, -0.25) is 0 Å². The molecule has 0 aromatic carbocycles. The highest BCUT2D eigenvalue weighted by Gasteiger charge is 2.44. The van der Waals surface area contributed by atoms with E-state index in [1.54, 1.807) is 20.8 Å². The molecule has 0 aromatic rings. The Morgan fingerprint density at radius 2 is 1.72 bits per heavy atom. The molecule has 0 aromatic heterocycles. The molecule has 1 atom stereocenters. The highest BCUT2D eigenvalue weighted by atomic mass is 16.9. The van der Waals surface area contributed by atoms with E-state index in [-0.39, 0.29) is 25.4 Å². The second kappa shape index (κ2) is 8.20. The zero-order valence-corrected chi connectivity index (χ0v) is 11.4. The quantitative estimate of drug-likeness (QED) is 0.382. The van der Waals surface area contributed by atoms with Gasteiger partial charge in [-0.05, 0) is 27.7 Å². The summed E-state index contributed by atoms with van der Waals surface area (Å²) in [7, 11) is 0. The maximum absolute atomic E-state index is 11.5. The lowest BCUT2D eigenvalue weighted by Crippen LogP contribution is -2.51. The third-order valence-electron chi connectivity index (χ3n) is 1.87. The Morgan fingerprint density at radius 3 is 2.06 bits per heavy atom. The first-order chi connectivity index (χ1) is 8.41. The molecule has 1 unspecified atom stereocenters. The summed E-state index contributed by atoms with van der Waals surface area (Å²) in [6, 6.07) is 0. The molecule has 18 heavy (non-hydrogen) atoms. The summed E-state index contributed by atoms with van der Waals surface area (Å²) in [6.45, 7) is 10.6. The first-order valence-corrected chi connectivity index (χ1v) is 5.89. The first kappa shape index (κ1) is 17.1. The molecule has 0 saturated heterocycles. The Morgan fingerprint density at radius 1 is 1.22 bits per heavy atom. The van der Waals surface area contributed by atoms with Gasteiger partial charge in [-0.25, -0.2) is 4.79 Å². The van der Waals surface area contributed by atoms with Crippen LogP contribution in [0.4, 0.5) is 0 Å². The van der Waals surface area contributed by atoms with Gasteiger partial charge in [0.1, 0.15) is 0 Å². The molecule has 0 radical (unpaired) electrons. The number of aliphatic hydroxyl groups is 1. The summed E-state index contributed by atoms with van der Waals surface area (Å²) >= 11 is 0. The van der Waals surface area contributed by atoms with Gasteiger partial charge in [0.15, 0.2) is 0 Å². The average Bonchev–Trinajstić information content (AvgIpc) is 2.28. The van der Waals surface area contributed by atoms with E-state index in [4.69, 9.17) is 18.9 Å². The highest BCUT2D eigenvalue weighted by Crippen LogP contribution is 2.21. The molecule has 6 nitrogen and oxygen atoms in total. The van der Waals surface area contributed by atoms with Crippen LogP contribution in [0, 0.1) is 0 Å². The van der Waals surface area contributed by atoms with Crippen molar-refractivity contribution in [2.75, 3.05) is 19.8 Å². The van der Waals surface area contributed by atoms with Crippen LogP contribution in [-0.4, -0.2) is 43.2 Å². The maximum Gasteiger partial charge on any atom is 0.381 e. The molecule has 0 heterocycles. The number of esters is 1. The third kappa shape index (κ3) is 5.14.